The molecule has 0 unspecified atom stereocenters. The van der Waals surface area contributed by atoms with Crippen molar-refractivity contribution < 1.29 is 9.72 Å². The number of nitro groups is 1. The number of rotatable bonds is 4. The molecule has 0 fully saturated rings. The molecule has 0 aliphatic heterocycles. The number of aromatic nitrogens is 1. The summed E-state index contributed by atoms with van der Waals surface area (Å²) < 4.78 is 1.03. The Hall–Kier alpha value is -2.51. The second-order valence-electron chi connectivity index (χ2n) is 5.53. The quantitative estimate of drug-likeness (QED) is 0.489. The highest BCUT2D eigenvalue weighted by Crippen LogP contribution is 2.31. The molecule has 0 bridgehead atoms. The van der Waals surface area contributed by atoms with Crippen molar-refractivity contribution in [3.63, 3.8) is 0 Å². The number of hydrogen-bond donors (Lipinski definition) is 0. The van der Waals surface area contributed by atoms with Crippen LogP contribution in [0, 0.1) is 10.1 Å². The zero-order valence-electron chi connectivity index (χ0n) is 13.5. The van der Waals surface area contributed by atoms with Gasteiger partial charge in [0.1, 0.15) is 10.6 Å². The Balaban J connectivity index is 1.94. The summed E-state index contributed by atoms with van der Waals surface area (Å²) in [5.74, 6) is -0.471. The van der Waals surface area contributed by atoms with Crippen molar-refractivity contribution in [2.24, 2.45) is 0 Å². The fourth-order valence-electron chi connectivity index (χ4n) is 2.44. The average molecular weight is 376 g/mol. The van der Waals surface area contributed by atoms with Crippen LogP contribution in [-0.4, -0.2) is 27.8 Å². The van der Waals surface area contributed by atoms with Gasteiger partial charge in [0, 0.05) is 18.1 Å². The van der Waals surface area contributed by atoms with E-state index in [0.717, 1.165) is 15.2 Å². The summed E-state index contributed by atoms with van der Waals surface area (Å²) in [6.45, 7) is 1.84. The van der Waals surface area contributed by atoms with Crippen LogP contribution >= 0.6 is 22.9 Å². The van der Waals surface area contributed by atoms with E-state index >= 15 is 0 Å². The van der Waals surface area contributed by atoms with Crippen LogP contribution in [0.5, 0.6) is 0 Å². The van der Waals surface area contributed by atoms with E-state index in [1.807, 2.05) is 31.2 Å². The number of carbonyl (C=O) groups is 1. The van der Waals surface area contributed by atoms with Gasteiger partial charge in [-0.2, -0.15) is 0 Å². The molecule has 0 aliphatic carbocycles. The summed E-state index contributed by atoms with van der Waals surface area (Å²) in [5, 5.41) is 12.2. The first-order valence-corrected chi connectivity index (χ1v) is 8.64. The van der Waals surface area contributed by atoms with Crippen molar-refractivity contribution >= 4 is 44.7 Å². The predicted molar refractivity (Wildman–Crippen MR) is 98.2 cm³/mol. The monoisotopic (exact) mass is 375 g/mol. The van der Waals surface area contributed by atoms with Crippen molar-refractivity contribution in [2.75, 3.05) is 7.05 Å². The maximum absolute atomic E-state index is 12.8. The standard InChI is InChI=1S/C17H14ClN3O3S/c1-10(16-19-13-5-3-4-6-15(13)25-16)20(2)17(22)12-9-11(18)7-8-14(12)21(23)24/h3-10H,1-2H3/t10-/m0/s1. The number of carbonyl (C=O) groups excluding carboxylic acids is 1. The Morgan fingerprint density at radius 3 is 2.72 bits per heavy atom. The first kappa shape index (κ1) is 17.3. The molecular weight excluding hydrogens is 362 g/mol. The van der Waals surface area contributed by atoms with Crippen LogP contribution < -0.4 is 0 Å². The van der Waals surface area contributed by atoms with Crippen molar-refractivity contribution in [3.8, 4) is 0 Å². The minimum Gasteiger partial charge on any atom is -0.332 e. The summed E-state index contributed by atoms with van der Waals surface area (Å²) in [7, 11) is 1.60. The van der Waals surface area contributed by atoms with Gasteiger partial charge in [-0.25, -0.2) is 4.98 Å². The summed E-state index contributed by atoms with van der Waals surface area (Å²) in [6, 6.07) is 11.3. The van der Waals surface area contributed by atoms with E-state index in [1.54, 1.807) is 7.05 Å². The van der Waals surface area contributed by atoms with Crippen molar-refractivity contribution in [1.29, 1.82) is 0 Å². The van der Waals surface area contributed by atoms with Crippen LogP contribution in [0.15, 0.2) is 42.5 Å². The second kappa shape index (κ2) is 6.78. The molecule has 2 aromatic carbocycles. The van der Waals surface area contributed by atoms with Crippen molar-refractivity contribution in [3.05, 3.63) is 68.2 Å². The highest BCUT2D eigenvalue weighted by Gasteiger charge is 2.27. The average Bonchev–Trinajstić information content (AvgIpc) is 3.03. The van der Waals surface area contributed by atoms with Gasteiger partial charge in [-0.3, -0.25) is 14.9 Å². The van der Waals surface area contributed by atoms with Gasteiger partial charge in [0.2, 0.25) is 0 Å². The first-order valence-electron chi connectivity index (χ1n) is 7.45. The lowest BCUT2D eigenvalue weighted by Gasteiger charge is -2.23. The highest BCUT2D eigenvalue weighted by molar-refractivity contribution is 7.18. The molecule has 0 saturated heterocycles. The molecule has 25 heavy (non-hydrogen) atoms. The summed E-state index contributed by atoms with van der Waals surface area (Å²) in [6.07, 6.45) is 0. The van der Waals surface area contributed by atoms with Gasteiger partial charge in [-0.1, -0.05) is 23.7 Å². The Morgan fingerprint density at radius 2 is 2.04 bits per heavy atom. The van der Waals surface area contributed by atoms with Crippen LogP contribution in [0.2, 0.25) is 5.02 Å². The van der Waals surface area contributed by atoms with E-state index < -0.39 is 10.8 Å². The van der Waals surface area contributed by atoms with Gasteiger partial charge in [-0.15, -0.1) is 11.3 Å². The molecule has 1 atom stereocenters. The number of nitro benzene ring substituents is 1. The molecule has 0 aliphatic rings. The van der Waals surface area contributed by atoms with Gasteiger partial charge in [0.25, 0.3) is 11.6 Å². The Bertz CT molecular complexity index is 940. The molecule has 0 saturated carbocycles. The third-order valence-electron chi connectivity index (χ3n) is 3.95. The Labute approximate surface area is 152 Å². The van der Waals surface area contributed by atoms with Crippen LogP contribution in [0.1, 0.15) is 28.3 Å². The third kappa shape index (κ3) is 3.33. The molecule has 1 heterocycles. The zero-order valence-corrected chi connectivity index (χ0v) is 15.0. The van der Waals surface area contributed by atoms with Crippen LogP contribution in [0.25, 0.3) is 10.2 Å². The van der Waals surface area contributed by atoms with Gasteiger partial charge in [0.15, 0.2) is 0 Å². The number of thiazole rings is 1. The van der Waals surface area contributed by atoms with Gasteiger partial charge < -0.3 is 4.90 Å². The molecular formula is C17H14ClN3O3S. The lowest BCUT2D eigenvalue weighted by molar-refractivity contribution is -0.385. The van der Waals surface area contributed by atoms with E-state index in [1.165, 1.54) is 34.4 Å². The fraction of sp³-hybridized carbons (Fsp3) is 0.176. The zero-order chi connectivity index (χ0) is 18.1. The second-order valence-corrected chi connectivity index (χ2v) is 7.03. The number of hydrogen-bond acceptors (Lipinski definition) is 5. The maximum atomic E-state index is 12.8. The summed E-state index contributed by atoms with van der Waals surface area (Å²) in [5.41, 5.74) is 0.564. The number of amides is 1. The Morgan fingerprint density at radius 1 is 1.32 bits per heavy atom. The Kier molecular flexibility index (Phi) is 4.69. The van der Waals surface area contributed by atoms with Gasteiger partial charge >= 0.3 is 0 Å². The normalized spacial score (nSPS) is 12.1. The number of para-hydroxylation sites is 1. The van der Waals surface area contributed by atoms with Crippen molar-refractivity contribution in [2.45, 2.75) is 13.0 Å². The van der Waals surface area contributed by atoms with E-state index in [4.69, 9.17) is 11.6 Å². The largest absolute Gasteiger partial charge is 0.332 e. The van der Waals surface area contributed by atoms with E-state index in [0.29, 0.717) is 0 Å². The minimum atomic E-state index is -0.584. The number of halogens is 1. The van der Waals surface area contributed by atoms with E-state index in [-0.39, 0.29) is 22.3 Å². The molecule has 3 aromatic rings. The van der Waals surface area contributed by atoms with Gasteiger partial charge in [0.05, 0.1) is 21.2 Å². The van der Waals surface area contributed by atoms with Gasteiger partial charge in [-0.05, 0) is 31.2 Å². The maximum Gasteiger partial charge on any atom is 0.282 e. The molecule has 1 amide bonds. The number of benzene rings is 2. The molecule has 128 valence electrons. The number of fused-ring (bicyclic) bond motifs is 1. The smallest absolute Gasteiger partial charge is 0.282 e. The third-order valence-corrected chi connectivity index (χ3v) is 5.40. The van der Waals surface area contributed by atoms with Crippen LogP contribution in [0.3, 0.4) is 0 Å². The molecule has 0 N–H and O–H groups in total. The van der Waals surface area contributed by atoms with E-state index in [9.17, 15) is 14.9 Å². The molecule has 0 spiro atoms. The molecule has 1 aromatic heterocycles. The fourth-order valence-corrected chi connectivity index (χ4v) is 3.67. The topological polar surface area (TPSA) is 76.3 Å². The summed E-state index contributed by atoms with van der Waals surface area (Å²) in [4.78, 5) is 29.4. The van der Waals surface area contributed by atoms with Crippen molar-refractivity contribution in [1.82, 2.24) is 9.88 Å². The van der Waals surface area contributed by atoms with Crippen LogP contribution in [-0.2, 0) is 0 Å². The molecule has 0 radical (unpaired) electrons. The first-order chi connectivity index (χ1) is 11.9. The highest BCUT2D eigenvalue weighted by atomic mass is 35.5. The molecule has 6 nitrogen and oxygen atoms in total. The lowest BCUT2D eigenvalue weighted by Crippen LogP contribution is -2.30. The summed E-state index contributed by atoms with van der Waals surface area (Å²) >= 11 is 7.41. The molecule has 3 rings (SSSR count). The minimum absolute atomic E-state index is 0.0343. The van der Waals surface area contributed by atoms with Crippen LogP contribution in [0.4, 0.5) is 5.69 Å². The number of nitrogens with zero attached hydrogens (tertiary/aromatic N) is 3. The SMILES string of the molecule is C[C@@H](c1nc2ccccc2s1)N(C)C(=O)c1cc(Cl)ccc1[N+](=O)[O-]. The predicted octanol–water partition coefficient (Wildman–Crippen LogP) is 4.69. The van der Waals surface area contributed by atoms with E-state index in [2.05, 4.69) is 4.98 Å². The lowest BCUT2D eigenvalue weighted by atomic mass is 10.1. The molecule has 8 heteroatoms.